The number of hydrogen-bond acceptors (Lipinski definition) is 5. The van der Waals surface area contributed by atoms with Crippen LogP contribution < -0.4 is 5.32 Å². The van der Waals surface area contributed by atoms with Gasteiger partial charge in [0.2, 0.25) is 5.91 Å². The molecule has 4 aliphatic rings. The molecule has 2 aliphatic carbocycles. The van der Waals surface area contributed by atoms with Crippen molar-refractivity contribution in [2.24, 2.45) is 11.3 Å². The lowest BCUT2D eigenvalue weighted by Crippen LogP contribution is -2.39. The van der Waals surface area contributed by atoms with Crippen molar-refractivity contribution in [3.05, 3.63) is 17.0 Å². The number of nitrogens with one attached hydrogen (secondary N) is 1. The van der Waals surface area contributed by atoms with Gasteiger partial charge in [0.05, 0.1) is 36.6 Å². The molecule has 190 valence electrons. The number of carbonyl (C=O) groups excluding carboxylic acids is 1. The van der Waals surface area contributed by atoms with Gasteiger partial charge in [-0.2, -0.15) is 5.10 Å². The molecular weight excluding hydrogens is 426 g/mol. The van der Waals surface area contributed by atoms with Crippen molar-refractivity contribution in [2.45, 2.75) is 89.8 Å². The summed E-state index contributed by atoms with van der Waals surface area (Å²) >= 11 is 0. The van der Waals surface area contributed by atoms with E-state index in [1.54, 1.807) is 0 Å². The summed E-state index contributed by atoms with van der Waals surface area (Å²) in [6.45, 7) is 7.16. The summed E-state index contributed by atoms with van der Waals surface area (Å²) in [5.74, 6) is 1.72. The Balaban J connectivity index is 1.26. The number of fused-ring (bicyclic) bond motifs is 1. The summed E-state index contributed by atoms with van der Waals surface area (Å²) in [6, 6.07) is 0. The fourth-order valence-corrected chi connectivity index (χ4v) is 7.12. The Bertz CT molecular complexity index is 838. The van der Waals surface area contributed by atoms with Crippen molar-refractivity contribution in [1.29, 1.82) is 0 Å². The number of likely N-dealkylation sites (tertiary alicyclic amines) is 1. The second kappa shape index (κ2) is 10.7. The first-order valence-electron chi connectivity index (χ1n) is 13.9. The first-order valence-corrected chi connectivity index (χ1v) is 13.9. The number of aromatic nitrogens is 2. The molecule has 34 heavy (non-hydrogen) atoms. The summed E-state index contributed by atoms with van der Waals surface area (Å²) in [5, 5.41) is 8.30. The molecule has 0 aromatic carbocycles. The van der Waals surface area contributed by atoms with E-state index >= 15 is 0 Å². The van der Waals surface area contributed by atoms with Crippen LogP contribution in [-0.2, 0) is 29.2 Å². The zero-order chi connectivity index (χ0) is 23.5. The number of amides is 1. The Labute approximate surface area is 205 Å². The van der Waals surface area contributed by atoms with E-state index in [2.05, 4.69) is 26.8 Å². The standard InChI is InChI=1S/C27H45N5O2/c1-28-13-15-30(2)19-23-25(24-20-34-17-16-32(24)29-23)22-8-10-27(11-9-22)12-14-31(26(27)33)18-21-6-4-3-5-7-21/h21-22,28H,3-20H2,1-2H3. The fraction of sp³-hybridized carbons (Fsp3) is 0.852. The summed E-state index contributed by atoms with van der Waals surface area (Å²) in [5.41, 5.74) is 3.88. The third kappa shape index (κ3) is 4.93. The second-order valence-corrected chi connectivity index (χ2v) is 11.5. The van der Waals surface area contributed by atoms with Crippen molar-refractivity contribution < 1.29 is 9.53 Å². The van der Waals surface area contributed by atoms with Crippen LogP contribution in [0.15, 0.2) is 0 Å². The quantitative estimate of drug-likeness (QED) is 0.629. The highest BCUT2D eigenvalue weighted by atomic mass is 16.5. The first-order chi connectivity index (χ1) is 16.6. The lowest BCUT2D eigenvalue weighted by molar-refractivity contribution is -0.138. The van der Waals surface area contributed by atoms with Crippen LogP contribution in [0.5, 0.6) is 0 Å². The van der Waals surface area contributed by atoms with Gasteiger partial charge in [-0.15, -0.1) is 0 Å². The van der Waals surface area contributed by atoms with Gasteiger partial charge in [0.25, 0.3) is 0 Å². The largest absolute Gasteiger partial charge is 0.373 e. The molecule has 7 heteroatoms. The molecule has 0 unspecified atom stereocenters. The van der Waals surface area contributed by atoms with Crippen LogP contribution in [0.25, 0.3) is 0 Å². The van der Waals surface area contributed by atoms with Crippen molar-refractivity contribution in [3.63, 3.8) is 0 Å². The molecule has 1 saturated heterocycles. The van der Waals surface area contributed by atoms with E-state index in [1.807, 2.05) is 7.05 Å². The highest BCUT2D eigenvalue weighted by Crippen LogP contribution is 2.50. The van der Waals surface area contributed by atoms with Crippen molar-refractivity contribution in [3.8, 4) is 0 Å². The maximum absolute atomic E-state index is 13.6. The van der Waals surface area contributed by atoms with Gasteiger partial charge in [0.15, 0.2) is 0 Å². The Morgan fingerprint density at radius 3 is 2.68 bits per heavy atom. The van der Waals surface area contributed by atoms with E-state index in [1.165, 1.54) is 49.1 Å². The number of rotatable bonds is 8. The lowest BCUT2D eigenvalue weighted by atomic mass is 9.67. The van der Waals surface area contributed by atoms with Gasteiger partial charge in [0, 0.05) is 38.3 Å². The van der Waals surface area contributed by atoms with Gasteiger partial charge in [-0.05, 0) is 70.9 Å². The zero-order valence-corrected chi connectivity index (χ0v) is 21.5. The molecular formula is C27H45N5O2. The van der Waals surface area contributed by atoms with Crippen molar-refractivity contribution >= 4 is 5.91 Å². The fourth-order valence-electron chi connectivity index (χ4n) is 7.12. The SMILES string of the molecule is CNCCN(C)Cc1nn2c(c1C1CCC3(CC1)CCN(CC1CCCCC1)C3=O)COCC2. The zero-order valence-electron chi connectivity index (χ0n) is 21.5. The monoisotopic (exact) mass is 471 g/mol. The maximum Gasteiger partial charge on any atom is 0.228 e. The molecule has 3 fully saturated rings. The van der Waals surface area contributed by atoms with Crippen LogP contribution >= 0.6 is 0 Å². The average Bonchev–Trinajstić information content (AvgIpc) is 3.37. The Morgan fingerprint density at radius 2 is 1.91 bits per heavy atom. The van der Waals surface area contributed by atoms with Crippen LogP contribution in [0.3, 0.4) is 0 Å². The minimum absolute atomic E-state index is 0.0847. The van der Waals surface area contributed by atoms with E-state index in [0.29, 0.717) is 18.4 Å². The Hall–Kier alpha value is -1.44. The maximum atomic E-state index is 13.6. The summed E-state index contributed by atoms with van der Waals surface area (Å²) in [7, 11) is 4.19. The van der Waals surface area contributed by atoms with E-state index in [9.17, 15) is 4.79 Å². The van der Waals surface area contributed by atoms with Gasteiger partial charge in [-0.3, -0.25) is 14.4 Å². The highest BCUT2D eigenvalue weighted by molar-refractivity contribution is 5.85. The molecule has 1 N–H and O–H groups in total. The number of carbonyl (C=O) groups is 1. The molecule has 3 heterocycles. The highest BCUT2D eigenvalue weighted by Gasteiger charge is 2.49. The third-order valence-electron chi connectivity index (χ3n) is 9.18. The van der Waals surface area contributed by atoms with Gasteiger partial charge in [-0.1, -0.05) is 19.3 Å². The number of ether oxygens (including phenoxy) is 1. The molecule has 0 atom stereocenters. The van der Waals surface area contributed by atoms with Crippen LogP contribution in [-0.4, -0.2) is 72.4 Å². The molecule has 2 saturated carbocycles. The number of likely N-dealkylation sites (N-methyl/N-ethyl adjacent to an activating group) is 2. The summed E-state index contributed by atoms with van der Waals surface area (Å²) in [6.07, 6.45) is 12.1. The van der Waals surface area contributed by atoms with Crippen molar-refractivity contribution in [2.75, 3.05) is 46.9 Å². The molecule has 1 aromatic rings. The number of hydrogen-bond donors (Lipinski definition) is 1. The molecule has 7 nitrogen and oxygen atoms in total. The predicted molar refractivity (Wildman–Crippen MR) is 134 cm³/mol. The third-order valence-corrected chi connectivity index (χ3v) is 9.18. The van der Waals surface area contributed by atoms with E-state index in [0.717, 1.165) is 83.9 Å². The normalized spacial score (nSPS) is 28.3. The minimum atomic E-state index is -0.0847. The first kappa shape index (κ1) is 24.3. The van der Waals surface area contributed by atoms with Crippen molar-refractivity contribution in [1.82, 2.24) is 24.9 Å². The Kier molecular flexibility index (Phi) is 7.61. The molecule has 0 radical (unpaired) electrons. The smallest absolute Gasteiger partial charge is 0.228 e. The average molecular weight is 472 g/mol. The Morgan fingerprint density at radius 1 is 1.12 bits per heavy atom. The molecule has 1 amide bonds. The van der Waals surface area contributed by atoms with Gasteiger partial charge >= 0.3 is 0 Å². The van der Waals surface area contributed by atoms with Gasteiger partial charge in [-0.25, -0.2) is 0 Å². The van der Waals surface area contributed by atoms with E-state index in [-0.39, 0.29) is 5.41 Å². The van der Waals surface area contributed by atoms with Crippen LogP contribution in [0.4, 0.5) is 0 Å². The molecule has 1 aromatic heterocycles. The molecule has 1 spiro atoms. The second-order valence-electron chi connectivity index (χ2n) is 11.5. The van der Waals surface area contributed by atoms with E-state index < -0.39 is 0 Å². The van der Waals surface area contributed by atoms with Crippen LogP contribution in [0, 0.1) is 11.3 Å². The molecule has 2 aliphatic heterocycles. The lowest BCUT2D eigenvalue weighted by Gasteiger charge is -2.37. The summed E-state index contributed by atoms with van der Waals surface area (Å²) < 4.78 is 8.07. The van der Waals surface area contributed by atoms with Crippen LogP contribution in [0.1, 0.15) is 87.1 Å². The minimum Gasteiger partial charge on any atom is -0.373 e. The number of nitrogens with zero attached hydrogens (tertiary/aromatic N) is 4. The topological polar surface area (TPSA) is 62.6 Å². The van der Waals surface area contributed by atoms with E-state index in [4.69, 9.17) is 9.84 Å². The van der Waals surface area contributed by atoms with Gasteiger partial charge in [0.1, 0.15) is 0 Å². The summed E-state index contributed by atoms with van der Waals surface area (Å²) in [4.78, 5) is 18.2. The molecule has 0 bridgehead atoms. The predicted octanol–water partition coefficient (Wildman–Crippen LogP) is 3.52. The van der Waals surface area contributed by atoms with Crippen LogP contribution in [0.2, 0.25) is 0 Å². The van der Waals surface area contributed by atoms with Gasteiger partial charge < -0.3 is 15.0 Å². The molecule has 5 rings (SSSR count).